The van der Waals surface area contributed by atoms with Crippen LogP contribution in [0.15, 0.2) is 47.4 Å². The van der Waals surface area contributed by atoms with Gasteiger partial charge in [-0.15, -0.1) is 0 Å². The summed E-state index contributed by atoms with van der Waals surface area (Å²) in [5.41, 5.74) is 0.163. The average Bonchev–Trinajstić information content (AvgIpc) is 2.39. The minimum Gasteiger partial charge on any atom is -0.768 e. The zero-order valence-electron chi connectivity index (χ0n) is 9.50. The van der Waals surface area contributed by atoms with Crippen LogP contribution < -0.4 is 4.74 Å². The molecular formula is C13H7ClNO3S-. The van der Waals surface area contributed by atoms with Crippen molar-refractivity contribution in [3.63, 3.8) is 0 Å². The van der Waals surface area contributed by atoms with Crippen molar-refractivity contribution in [2.24, 2.45) is 0 Å². The van der Waals surface area contributed by atoms with E-state index < -0.39 is 11.1 Å². The lowest BCUT2D eigenvalue weighted by atomic mass is 10.2. The summed E-state index contributed by atoms with van der Waals surface area (Å²) in [6.45, 7) is 0. The molecule has 0 aliphatic heterocycles. The van der Waals surface area contributed by atoms with E-state index in [0.717, 1.165) is 0 Å². The van der Waals surface area contributed by atoms with Gasteiger partial charge in [0.2, 0.25) is 0 Å². The van der Waals surface area contributed by atoms with E-state index >= 15 is 0 Å². The lowest BCUT2D eigenvalue weighted by Gasteiger charge is -2.13. The van der Waals surface area contributed by atoms with Crippen molar-refractivity contribution in [3.8, 4) is 17.6 Å². The Labute approximate surface area is 117 Å². The third-order valence-corrected chi connectivity index (χ3v) is 3.35. The third-order valence-electron chi connectivity index (χ3n) is 2.34. The SMILES string of the molecule is N#Cc1c(Cl)cccc1Oc1ccccc1S(=O)[O-]. The van der Waals surface area contributed by atoms with E-state index in [9.17, 15) is 8.76 Å². The molecule has 0 fully saturated rings. The Morgan fingerprint density at radius 2 is 1.84 bits per heavy atom. The summed E-state index contributed by atoms with van der Waals surface area (Å²) in [7, 11) is 0. The molecule has 0 bridgehead atoms. The molecule has 19 heavy (non-hydrogen) atoms. The third kappa shape index (κ3) is 2.93. The number of rotatable bonds is 3. The molecule has 0 aliphatic carbocycles. The quantitative estimate of drug-likeness (QED) is 0.814. The van der Waals surface area contributed by atoms with Crippen molar-refractivity contribution in [2.45, 2.75) is 4.90 Å². The number of para-hydroxylation sites is 1. The largest absolute Gasteiger partial charge is 0.768 e. The van der Waals surface area contributed by atoms with E-state index in [0.29, 0.717) is 0 Å². The minimum atomic E-state index is -2.42. The van der Waals surface area contributed by atoms with Crippen LogP contribution in [0, 0.1) is 11.3 Å². The standard InChI is InChI=1S/C13H8ClNO3S/c14-10-4-3-6-11(9(10)8-15)18-12-5-1-2-7-13(12)19(16)17/h1-7H,(H,16,17)/p-1. The van der Waals surface area contributed by atoms with Gasteiger partial charge in [0.25, 0.3) is 0 Å². The van der Waals surface area contributed by atoms with Gasteiger partial charge in [0, 0.05) is 0 Å². The molecule has 6 heteroatoms. The van der Waals surface area contributed by atoms with E-state index in [4.69, 9.17) is 21.6 Å². The molecule has 0 amide bonds. The van der Waals surface area contributed by atoms with Crippen LogP contribution in [0.1, 0.15) is 5.56 Å². The second kappa shape index (κ2) is 5.85. The summed E-state index contributed by atoms with van der Waals surface area (Å²) < 4.78 is 27.6. The van der Waals surface area contributed by atoms with Gasteiger partial charge in [-0.1, -0.05) is 29.8 Å². The first-order valence-corrected chi connectivity index (χ1v) is 6.63. The number of hydrogen-bond donors (Lipinski definition) is 0. The van der Waals surface area contributed by atoms with Crippen molar-refractivity contribution in [3.05, 3.63) is 53.1 Å². The maximum absolute atomic E-state index is 11.1. The van der Waals surface area contributed by atoms with Crippen molar-refractivity contribution in [1.29, 1.82) is 5.26 Å². The first-order valence-electron chi connectivity index (χ1n) is 5.18. The van der Waals surface area contributed by atoms with Crippen LogP contribution in [0.3, 0.4) is 0 Å². The molecule has 0 N–H and O–H groups in total. The highest BCUT2D eigenvalue weighted by Crippen LogP contribution is 2.32. The molecule has 0 aromatic heterocycles. The van der Waals surface area contributed by atoms with Crippen LogP contribution in [0.5, 0.6) is 11.5 Å². The van der Waals surface area contributed by atoms with Gasteiger partial charge in [-0.2, -0.15) is 5.26 Å². The van der Waals surface area contributed by atoms with Crippen LogP contribution in [0.25, 0.3) is 0 Å². The molecule has 0 aliphatic rings. The van der Waals surface area contributed by atoms with Crippen LogP contribution in [0.4, 0.5) is 0 Å². The summed E-state index contributed by atoms with van der Waals surface area (Å²) in [6.07, 6.45) is 0. The highest BCUT2D eigenvalue weighted by Gasteiger charge is 2.11. The van der Waals surface area contributed by atoms with E-state index in [1.807, 2.05) is 6.07 Å². The van der Waals surface area contributed by atoms with Gasteiger partial charge in [0.15, 0.2) is 0 Å². The van der Waals surface area contributed by atoms with Gasteiger partial charge >= 0.3 is 0 Å². The highest BCUT2D eigenvalue weighted by molar-refractivity contribution is 7.79. The first kappa shape index (κ1) is 13.6. The smallest absolute Gasteiger partial charge is 0.146 e. The zero-order chi connectivity index (χ0) is 13.8. The Morgan fingerprint density at radius 1 is 1.16 bits per heavy atom. The Bertz CT molecular complexity index is 682. The Morgan fingerprint density at radius 3 is 2.53 bits per heavy atom. The molecule has 0 spiro atoms. The Balaban J connectivity index is 2.46. The fourth-order valence-corrected chi connectivity index (χ4v) is 2.16. The molecular weight excluding hydrogens is 286 g/mol. The van der Waals surface area contributed by atoms with Crippen LogP contribution in [-0.2, 0) is 11.1 Å². The molecule has 1 unspecified atom stereocenters. The summed E-state index contributed by atoms with van der Waals surface area (Å²) in [4.78, 5) is 0.0198. The number of ether oxygens (including phenoxy) is 1. The lowest BCUT2D eigenvalue weighted by Crippen LogP contribution is -1.95. The van der Waals surface area contributed by atoms with Crippen LogP contribution in [-0.4, -0.2) is 8.76 Å². The number of benzene rings is 2. The van der Waals surface area contributed by atoms with Crippen LogP contribution in [0.2, 0.25) is 5.02 Å². The fraction of sp³-hybridized carbons (Fsp3) is 0. The van der Waals surface area contributed by atoms with Crippen molar-refractivity contribution in [1.82, 2.24) is 0 Å². The van der Waals surface area contributed by atoms with E-state index in [1.165, 1.54) is 12.1 Å². The summed E-state index contributed by atoms with van der Waals surface area (Å²) in [5.74, 6) is 0.363. The van der Waals surface area contributed by atoms with E-state index in [1.54, 1.807) is 30.3 Å². The topological polar surface area (TPSA) is 73.1 Å². The van der Waals surface area contributed by atoms with Crippen molar-refractivity contribution < 1.29 is 13.5 Å². The van der Waals surface area contributed by atoms with Gasteiger partial charge in [-0.05, 0) is 35.3 Å². The van der Waals surface area contributed by atoms with E-state index in [-0.39, 0.29) is 27.0 Å². The van der Waals surface area contributed by atoms with Gasteiger partial charge in [0.05, 0.1) is 9.92 Å². The van der Waals surface area contributed by atoms with Crippen LogP contribution >= 0.6 is 11.6 Å². The normalized spacial score (nSPS) is 11.6. The molecule has 96 valence electrons. The molecule has 0 saturated carbocycles. The maximum Gasteiger partial charge on any atom is 0.146 e. The maximum atomic E-state index is 11.1. The molecule has 4 nitrogen and oxygen atoms in total. The van der Waals surface area contributed by atoms with Gasteiger partial charge < -0.3 is 9.29 Å². The molecule has 0 radical (unpaired) electrons. The zero-order valence-corrected chi connectivity index (χ0v) is 11.1. The first-order chi connectivity index (χ1) is 9.13. The van der Waals surface area contributed by atoms with Gasteiger partial charge in [-0.25, -0.2) is 0 Å². The molecule has 0 saturated heterocycles. The molecule has 2 aromatic carbocycles. The minimum absolute atomic E-state index is 0.0198. The summed E-state index contributed by atoms with van der Waals surface area (Å²) >= 11 is 3.45. The Kier molecular flexibility index (Phi) is 4.17. The second-order valence-electron chi connectivity index (χ2n) is 3.51. The summed E-state index contributed by atoms with van der Waals surface area (Å²) in [5, 5.41) is 9.27. The molecule has 2 aromatic rings. The van der Waals surface area contributed by atoms with Crippen molar-refractivity contribution in [2.75, 3.05) is 0 Å². The predicted octanol–water partition coefficient (Wildman–Crippen LogP) is 3.24. The summed E-state index contributed by atoms with van der Waals surface area (Å²) in [6, 6.07) is 12.8. The molecule has 0 heterocycles. The van der Waals surface area contributed by atoms with Crippen molar-refractivity contribution >= 4 is 22.7 Å². The monoisotopic (exact) mass is 292 g/mol. The lowest BCUT2D eigenvalue weighted by molar-refractivity contribution is 0.462. The van der Waals surface area contributed by atoms with Gasteiger partial charge in [0.1, 0.15) is 23.1 Å². The number of hydrogen-bond acceptors (Lipinski definition) is 4. The number of nitrogens with zero attached hydrogens (tertiary/aromatic N) is 1. The number of nitriles is 1. The van der Waals surface area contributed by atoms with Gasteiger partial charge in [-0.3, -0.25) is 4.21 Å². The fourth-order valence-electron chi connectivity index (χ4n) is 1.49. The molecule has 2 rings (SSSR count). The average molecular weight is 293 g/mol. The predicted molar refractivity (Wildman–Crippen MR) is 69.9 cm³/mol. The number of halogens is 1. The molecule has 1 atom stereocenters. The second-order valence-corrected chi connectivity index (χ2v) is 4.82. The highest BCUT2D eigenvalue weighted by atomic mass is 35.5. The van der Waals surface area contributed by atoms with E-state index in [2.05, 4.69) is 0 Å². The Hall–Kier alpha value is -1.87.